The molecule has 4 nitrogen and oxygen atoms in total. The summed E-state index contributed by atoms with van der Waals surface area (Å²) in [7, 11) is 0. The van der Waals surface area contributed by atoms with Crippen LogP contribution in [-0.4, -0.2) is 24.2 Å². The molecule has 0 radical (unpaired) electrons. The van der Waals surface area contributed by atoms with Crippen LogP contribution in [0.4, 0.5) is 0 Å². The van der Waals surface area contributed by atoms with Crippen LogP contribution in [0.5, 0.6) is 5.75 Å². The molecule has 82 valence electrons. The van der Waals surface area contributed by atoms with Gasteiger partial charge in [0, 0.05) is 0 Å². The van der Waals surface area contributed by atoms with E-state index in [1.165, 1.54) is 12.1 Å². The Kier molecular flexibility index (Phi) is 4.39. The van der Waals surface area contributed by atoms with Crippen LogP contribution in [0.3, 0.4) is 0 Å². The van der Waals surface area contributed by atoms with E-state index in [9.17, 15) is 4.79 Å². The number of hydrogen-bond acceptors (Lipinski definition) is 3. The molecule has 3 N–H and O–H groups in total. The van der Waals surface area contributed by atoms with Crippen molar-refractivity contribution in [3.63, 3.8) is 0 Å². The summed E-state index contributed by atoms with van der Waals surface area (Å²) in [5, 5.41) is 9.00. The van der Waals surface area contributed by atoms with Crippen molar-refractivity contribution >= 4 is 17.6 Å². The lowest BCUT2D eigenvalue weighted by Gasteiger charge is -2.07. The molecule has 0 aliphatic rings. The second-order valence-corrected chi connectivity index (χ2v) is 3.35. The van der Waals surface area contributed by atoms with Crippen LogP contribution in [0.25, 0.3) is 0 Å². The third kappa shape index (κ3) is 3.42. The van der Waals surface area contributed by atoms with E-state index < -0.39 is 5.97 Å². The number of rotatable bonds is 5. The number of aromatic carboxylic acids is 1. The minimum atomic E-state index is -1.01. The van der Waals surface area contributed by atoms with E-state index in [1.54, 1.807) is 6.07 Å². The standard InChI is InChI=1S/C10H12ClNO3/c11-8-6-7(10(13)14)2-3-9(8)15-5-1-4-12/h2-3,6H,1,4-5,12H2,(H,13,14). The monoisotopic (exact) mass is 229 g/mol. The van der Waals surface area contributed by atoms with Gasteiger partial charge in [0.15, 0.2) is 0 Å². The topological polar surface area (TPSA) is 72.5 Å². The Bertz CT molecular complexity index is 355. The van der Waals surface area contributed by atoms with Gasteiger partial charge in [0.1, 0.15) is 5.75 Å². The molecule has 1 aromatic rings. The fourth-order valence-corrected chi connectivity index (χ4v) is 1.25. The third-order valence-corrected chi connectivity index (χ3v) is 2.08. The Morgan fingerprint density at radius 2 is 2.27 bits per heavy atom. The average Bonchev–Trinajstić information content (AvgIpc) is 2.20. The molecule has 15 heavy (non-hydrogen) atoms. The summed E-state index contributed by atoms with van der Waals surface area (Å²) >= 11 is 5.83. The summed E-state index contributed by atoms with van der Waals surface area (Å²) in [5.74, 6) is -0.527. The van der Waals surface area contributed by atoms with Crippen LogP contribution in [0.2, 0.25) is 5.02 Å². The summed E-state index contributed by atoms with van der Waals surface area (Å²) in [6.45, 7) is 1.02. The van der Waals surface area contributed by atoms with Crippen molar-refractivity contribution < 1.29 is 14.6 Å². The smallest absolute Gasteiger partial charge is 0.335 e. The number of halogens is 1. The Morgan fingerprint density at radius 1 is 1.53 bits per heavy atom. The van der Waals surface area contributed by atoms with Gasteiger partial charge in [-0.1, -0.05) is 11.6 Å². The van der Waals surface area contributed by atoms with Crippen molar-refractivity contribution in [2.75, 3.05) is 13.2 Å². The lowest BCUT2D eigenvalue weighted by molar-refractivity contribution is 0.0697. The summed E-state index contributed by atoms with van der Waals surface area (Å²) in [5.41, 5.74) is 5.45. The van der Waals surface area contributed by atoms with Gasteiger partial charge < -0.3 is 15.6 Å². The van der Waals surface area contributed by atoms with Gasteiger partial charge in [-0.25, -0.2) is 4.79 Å². The Hall–Kier alpha value is -1.26. The van der Waals surface area contributed by atoms with Crippen LogP contribution in [0.1, 0.15) is 16.8 Å². The van der Waals surface area contributed by atoms with Crippen molar-refractivity contribution in [1.82, 2.24) is 0 Å². The van der Waals surface area contributed by atoms with Gasteiger partial charge in [0.05, 0.1) is 17.2 Å². The number of benzene rings is 1. The van der Waals surface area contributed by atoms with Gasteiger partial charge in [0.2, 0.25) is 0 Å². The molecule has 0 heterocycles. The van der Waals surface area contributed by atoms with E-state index in [0.717, 1.165) is 6.42 Å². The first kappa shape index (κ1) is 11.8. The molecule has 0 aliphatic heterocycles. The second kappa shape index (κ2) is 5.58. The molecule has 5 heteroatoms. The molecule has 0 fully saturated rings. The van der Waals surface area contributed by atoms with Crippen molar-refractivity contribution in [3.05, 3.63) is 28.8 Å². The van der Waals surface area contributed by atoms with Crippen molar-refractivity contribution in [1.29, 1.82) is 0 Å². The number of hydrogen-bond donors (Lipinski definition) is 2. The first-order chi connectivity index (χ1) is 7.15. The number of ether oxygens (including phenoxy) is 1. The van der Waals surface area contributed by atoms with Gasteiger partial charge in [-0.3, -0.25) is 0 Å². The van der Waals surface area contributed by atoms with E-state index >= 15 is 0 Å². The third-order valence-electron chi connectivity index (χ3n) is 1.78. The maximum atomic E-state index is 10.6. The Balaban J connectivity index is 2.70. The van der Waals surface area contributed by atoms with Crippen LogP contribution in [-0.2, 0) is 0 Å². The van der Waals surface area contributed by atoms with Crippen molar-refractivity contribution in [2.45, 2.75) is 6.42 Å². The Labute approximate surface area is 92.6 Å². The summed E-state index contributed by atoms with van der Waals surface area (Å²) in [6, 6.07) is 4.36. The first-order valence-electron chi connectivity index (χ1n) is 4.51. The lowest BCUT2D eigenvalue weighted by atomic mass is 10.2. The first-order valence-corrected chi connectivity index (χ1v) is 4.88. The normalized spacial score (nSPS) is 10.0. The molecule has 0 spiro atoms. The number of carboxylic acid groups (broad SMARTS) is 1. The number of carbonyl (C=O) groups is 1. The lowest BCUT2D eigenvalue weighted by Crippen LogP contribution is -2.06. The molecule has 0 aromatic heterocycles. The molecule has 0 saturated carbocycles. The van der Waals surface area contributed by atoms with Gasteiger partial charge in [0.25, 0.3) is 0 Å². The summed E-state index contributed by atoms with van der Waals surface area (Å²) in [6.07, 6.45) is 0.733. The minimum Gasteiger partial charge on any atom is -0.492 e. The molecule has 1 aromatic carbocycles. The maximum Gasteiger partial charge on any atom is 0.335 e. The van der Waals surface area contributed by atoms with E-state index in [2.05, 4.69) is 0 Å². The van der Waals surface area contributed by atoms with Crippen LogP contribution < -0.4 is 10.5 Å². The Morgan fingerprint density at radius 3 is 2.80 bits per heavy atom. The van der Waals surface area contributed by atoms with Gasteiger partial charge >= 0.3 is 5.97 Å². The molecule has 0 atom stereocenters. The maximum absolute atomic E-state index is 10.6. The molecule has 0 bridgehead atoms. The quantitative estimate of drug-likeness (QED) is 0.755. The van der Waals surface area contributed by atoms with Crippen LogP contribution >= 0.6 is 11.6 Å². The van der Waals surface area contributed by atoms with E-state index in [-0.39, 0.29) is 5.56 Å². The molecule has 0 amide bonds. The molecule has 0 unspecified atom stereocenters. The van der Waals surface area contributed by atoms with E-state index in [4.69, 9.17) is 27.2 Å². The second-order valence-electron chi connectivity index (χ2n) is 2.94. The van der Waals surface area contributed by atoms with Crippen LogP contribution in [0.15, 0.2) is 18.2 Å². The summed E-state index contributed by atoms with van der Waals surface area (Å²) < 4.78 is 5.31. The number of carboxylic acids is 1. The van der Waals surface area contributed by atoms with E-state index in [1.807, 2.05) is 0 Å². The van der Waals surface area contributed by atoms with Crippen molar-refractivity contribution in [2.24, 2.45) is 5.73 Å². The van der Waals surface area contributed by atoms with Gasteiger partial charge in [-0.2, -0.15) is 0 Å². The fraction of sp³-hybridized carbons (Fsp3) is 0.300. The molecular formula is C10H12ClNO3. The van der Waals surface area contributed by atoms with E-state index in [0.29, 0.717) is 23.9 Å². The SMILES string of the molecule is NCCCOc1ccc(C(=O)O)cc1Cl. The fourth-order valence-electron chi connectivity index (χ4n) is 1.02. The zero-order valence-electron chi connectivity index (χ0n) is 8.07. The average molecular weight is 230 g/mol. The summed E-state index contributed by atoms with van der Waals surface area (Å²) in [4.78, 5) is 10.6. The highest BCUT2D eigenvalue weighted by Crippen LogP contribution is 2.25. The minimum absolute atomic E-state index is 0.145. The highest BCUT2D eigenvalue weighted by Gasteiger charge is 2.07. The molecule has 0 saturated heterocycles. The molecule has 0 aliphatic carbocycles. The highest BCUT2D eigenvalue weighted by molar-refractivity contribution is 6.32. The van der Waals surface area contributed by atoms with Gasteiger partial charge in [-0.05, 0) is 31.2 Å². The molecular weight excluding hydrogens is 218 g/mol. The van der Waals surface area contributed by atoms with Crippen molar-refractivity contribution in [3.8, 4) is 5.75 Å². The highest BCUT2D eigenvalue weighted by atomic mass is 35.5. The van der Waals surface area contributed by atoms with Crippen LogP contribution in [0, 0.1) is 0 Å². The number of nitrogens with two attached hydrogens (primary N) is 1. The van der Waals surface area contributed by atoms with Gasteiger partial charge in [-0.15, -0.1) is 0 Å². The largest absolute Gasteiger partial charge is 0.492 e. The predicted octanol–water partition coefficient (Wildman–Crippen LogP) is 1.77. The zero-order chi connectivity index (χ0) is 11.3. The zero-order valence-corrected chi connectivity index (χ0v) is 8.83. The molecule has 1 rings (SSSR count). The predicted molar refractivity (Wildman–Crippen MR) is 57.6 cm³/mol.